The molecule has 7 nitrogen and oxygen atoms in total. The molecule has 164 valence electrons. The minimum atomic E-state index is -3.57. The van der Waals surface area contributed by atoms with Crippen LogP contribution < -0.4 is 9.64 Å². The number of aromatic nitrogens is 1. The van der Waals surface area contributed by atoms with Crippen molar-refractivity contribution in [3.05, 3.63) is 48.0 Å². The lowest BCUT2D eigenvalue weighted by Crippen LogP contribution is -2.38. The van der Waals surface area contributed by atoms with Crippen LogP contribution >= 0.6 is 11.3 Å². The number of anilines is 1. The summed E-state index contributed by atoms with van der Waals surface area (Å²) in [7, 11) is -1.99. The zero-order valence-corrected chi connectivity index (χ0v) is 19.0. The summed E-state index contributed by atoms with van der Waals surface area (Å²) < 4.78 is 37.3. The molecule has 2 heterocycles. The second-order valence-electron chi connectivity index (χ2n) is 7.25. The van der Waals surface area contributed by atoms with E-state index in [1.54, 1.807) is 37.1 Å². The van der Waals surface area contributed by atoms with Gasteiger partial charge in [0.25, 0.3) is 5.91 Å². The Morgan fingerprint density at radius 3 is 2.77 bits per heavy atom. The molecular formula is C22H24N2O5S2. The number of ether oxygens (including phenoxy) is 2. The first-order valence-corrected chi connectivity index (χ1v) is 12.6. The Bertz CT molecular complexity index is 1200. The third kappa shape index (κ3) is 4.30. The Hall–Kier alpha value is -2.49. The van der Waals surface area contributed by atoms with Gasteiger partial charge in [-0.1, -0.05) is 36.5 Å². The summed E-state index contributed by atoms with van der Waals surface area (Å²) in [5.74, 6) is 0.140. The number of benzene rings is 2. The van der Waals surface area contributed by atoms with Gasteiger partial charge in [0.05, 0.1) is 40.7 Å². The van der Waals surface area contributed by atoms with Crippen LogP contribution in [-0.4, -0.2) is 51.4 Å². The predicted octanol–water partition coefficient (Wildman–Crippen LogP) is 3.92. The van der Waals surface area contributed by atoms with Crippen LogP contribution in [0.25, 0.3) is 10.2 Å². The van der Waals surface area contributed by atoms with Crippen LogP contribution in [0.15, 0.2) is 47.4 Å². The Kier molecular flexibility index (Phi) is 6.27. The average molecular weight is 461 g/mol. The predicted molar refractivity (Wildman–Crippen MR) is 121 cm³/mol. The number of thiazole rings is 1. The summed E-state index contributed by atoms with van der Waals surface area (Å²) in [5, 5.41) is 0.490. The van der Waals surface area contributed by atoms with Gasteiger partial charge in [-0.25, -0.2) is 13.4 Å². The number of carbonyl (C=O) groups is 1. The van der Waals surface area contributed by atoms with Gasteiger partial charge in [-0.15, -0.1) is 0 Å². The lowest BCUT2D eigenvalue weighted by molar-refractivity contribution is 0.0915. The molecule has 1 unspecified atom stereocenters. The number of sulfone groups is 1. The number of nitrogens with zero attached hydrogens (tertiary/aromatic N) is 2. The fourth-order valence-corrected chi connectivity index (χ4v) is 5.73. The normalized spacial score (nSPS) is 16.5. The SMILES string of the molecule is CCS(=O)(=O)c1ccccc1C(=O)N(CC1CCCO1)c1nc2c(OC)cccc2s1. The van der Waals surface area contributed by atoms with E-state index in [4.69, 9.17) is 9.47 Å². The van der Waals surface area contributed by atoms with Crippen LogP contribution in [0.3, 0.4) is 0 Å². The zero-order valence-electron chi connectivity index (χ0n) is 17.4. The summed E-state index contributed by atoms with van der Waals surface area (Å²) in [4.78, 5) is 20.0. The van der Waals surface area contributed by atoms with Gasteiger partial charge in [0.15, 0.2) is 15.0 Å². The maximum atomic E-state index is 13.7. The van der Waals surface area contributed by atoms with Gasteiger partial charge in [-0.2, -0.15) is 0 Å². The highest BCUT2D eigenvalue weighted by atomic mass is 32.2. The molecule has 4 rings (SSSR count). The van der Waals surface area contributed by atoms with E-state index >= 15 is 0 Å². The van der Waals surface area contributed by atoms with Gasteiger partial charge >= 0.3 is 0 Å². The molecule has 0 saturated carbocycles. The highest BCUT2D eigenvalue weighted by Gasteiger charge is 2.30. The van der Waals surface area contributed by atoms with Crippen molar-refractivity contribution in [1.82, 2.24) is 4.98 Å². The Balaban J connectivity index is 1.81. The molecular weight excluding hydrogens is 436 g/mol. The smallest absolute Gasteiger partial charge is 0.261 e. The third-order valence-corrected chi connectivity index (χ3v) is 8.14. The van der Waals surface area contributed by atoms with Crippen LogP contribution in [0.1, 0.15) is 30.1 Å². The number of methoxy groups -OCH3 is 1. The number of carbonyl (C=O) groups excluding carboxylic acids is 1. The standard InChI is InChI=1S/C22H24N2O5S2/c1-3-31(26,27)19-12-5-4-9-16(19)21(25)24(14-15-8-7-13-29-15)22-23-20-17(28-2)10-6-11-18(20)30-22/h4-6,9-12,15H,3,7-8,13-14H2,1-2H3. The fraction of sp³-hybridized carbons (Fsp3) is 0.364. The first-order chi connectivity index (χ1) is 14.9. The van der Waals surface area contributed by atoms with E-state index in [1.807, 2.05) is 18.2 Å². The van der Waals surface area contributed by atoms with Gasteiger partial charge in [0.2, 0.25) is 0 Å². The lowest BCUT2D eigenvalue weighted by Gasteiger charge is -2.24. The Labute approximate surface area is 185 Å². The molecule has 1 fully saturated rings. The van der Waals surface area contributed by atoms with Crippen molar-refractivity contribution in [3.8, 4) is 5.75 Å². The molecule has 9 heteroatoms. The molecule has 1 aliphatic rings. The van der Waals surface area contributed by atoms with Crippen molar-refractivity contribution in [2.45, 2.75) is 30.8 Å². The van der Waals surface area contributed by atoms with Crippen molar-refractivity contribution >= 4 is 42.4 Å². The molecule has 0 radical (unpaired) electrons. The molecule has 3 aromatic rings. The summed E-state index contributed by atoms with van der Waals surface area (Å²) in [6.45, 7) is 2.53. The van der Waals surface area contributed by atoms with Crippen LogP contribution in [0.5, 0.6) is 5.75 Å². The minimum Gasteiger partial charge on any atom is -0.494 e. The Morgan fingerprint density at radius 2 is 2.06 bits per heavy atom. The number of rotatable bonds is 7. The monoisotopic (exact) mass is 460 g/mol. The van der Waals surface area contributed by atoms with E-state index in [9.17, 15) is 13.2 Å². The van der Waals surface area contributed by atoms with Crippen LogP contribution in [0.4, 0.5) is 5.13 Å². The maximum Gasteiger partial charge on any atom is 0.261 e. The summed E-state index contributed by atoms with van der Waals surface area (Å²) in [6.07, 6.45) is 1.65. The summed E-state index contributed by atoms with van der Waals surface area (Å²) in [6, 6.07) is 12.0. The van der Waals surface area contributed by atoms with Gasteiger partial charge in [0.1, 0.15) is 11.3 Å². The van der Waals surface area contributed by atoms with Gasteiger partial charge in [-0.3, -0.25) is 9.69 Å². The second-order valence-corrected chi connectivity index (χ2v) is 10.5. The van der Waals surface area contributed by atoms with E-state index in [2.05, 4.69) is 4.98 Å². The van der Waals surface area contributed by atoms with Gasteiger partial charge in [0, 0.05) is 6.61 Å². The highest BCUT2D eigenvalue weighted by Crippen LogP contribution is 2.35. The largest absolute Gasteiger partial charge is 0.494 e. The fourth-order valence-electron chi connectivity index (χ4n) is 3.65. The van der Waals surface area contributed by atoms with Crippen molar-refractivity contribution in [1.29, 1.82) is 0 Å². The van der Waals surface area contributed by atoms with E-state index in [0.29, 0.717) is 29.5 Å². The number of hydrogen-bond donors (Lipinski definition) is 0. The second kappa shape index (κ2) is 8.94. The first-order valence-electron chi connectivity index (χ1n) is 10.1. The zero-order chi connectivity index (χ0) is 22.0. The summed E-state index contributed by atoms with van der Waals surface area (Å²) in [5.41, 5.74) is 0.818. The van der Waals surface area contributed by atoms with Crippen LogP contribution in [-0.2, 0) is 14.6 Å². The van der Waals surface area contributed by atoms with E-state index < -0.39 is 15.7 Å². The number of hydrogen-bond acceptors (Lipinski definition) is 7. The molecule has 1 saturated heterocycles. The maximum absolute atomic E-state index is 13.7. The summed E-state index contributed by atoms with van der Waals surface area (Å²) >= 11 is 1.37. The quantitative estimate of drug-likeness (QED) is 0.531. The number of para-hydroxylation sites is 1. The van der Waals surface area contributed by atoms with Crippen LogP contribution in [0, 0.1) is 0 Å². The first kappa shape index (κ1) is 21.7. The number of fused-ring (bicyclic) bond motifs is 1. The molecule has 1 atom stereocenters. The van der Waals surface area contributed by atoms with E-state index in [-0.39, 0.29) is 22.3 Å². The van der Waals surface area contributed by atoms with E-state index in [1.165, 1.54) is 17.4 Å². The molecule has 0 N–H and O–H groups in total. The third-order valence-electron chi connectivity index (χ3n) is 5.31. The Morgan fingerprint density at radius 1 is 1.26 bits per heavy atom. The topological polar surface area (TPSA) is 85.8 Å². The van der Waals surface area contributed by atoms with Gasteiger partial charge < -0.3 is 9.47 Å². The van der Waals surface area contributed by atoms with Crippen molar-refractivity contribution in [2.24, 2.45) is 0 Å². The van der Waals surface area contributed by atoms with Crippen molar-refractivity contribution in [2.75, 3.05) is 30.9 Å². The average Bonchev–Trinajstić information content (AvgIpc) is 3.46. The van der Waals surface area contributed by atoms with Crippen LogP contribution in [0.2, 0.25) is 0 Å². The number of amides is 1. The molecule has 0 spiro atoms. The molecule has 1 aliphatic heterocycles. The lowest BCUT2D eigenvalue weighted by atomic mass is 10.1. The molecule has 2 aromatic carbocycles. The molecule has 0 bridgehead atoms. The van der Waals surface area contributed by atoms with Crippen molar-refractivity contribution < 1.29 is 22.7 Å². The molecule has 1 aromatic heterocycles. The van der Waals surface area contributed by atoms with Gasteiger partial charge in [-0.05, 0) is 37.1 Å². The highest BCUT2D eigenvalue weighted by molar-refractivity contribution is 7.91. The molecule has 31 heavy (non-hydrogen) atoms. The van der Waals surface area contributed by atoms with E-state index in [0.717, 1.165) is 17.5 Å². The molecule has 0 aliphatic carbocycles. The van der Waals surface area contributed by atoms with Crippen molar-refractivity contribution in [3.63, 3.8) is 0 Å². The molecule has 1 amide bonds. The minimum absolute atomic E-state index is 0.0403.